The molecule has 12 heavy (non-hydrogen) atoms. The lowest BCUT2D eigenvalue weighted by Gasteiger charge is -2.07. The van der Waals surface area contributed by atoms with E-state index in [1.807, 2.05) is 0 Å². The van der Waals surface area contributed by atoms with Gasteiger partial charge in [0, 0.05) is 5.69 Å². The van der Waals surface area contributed by atoms with Gasteiger partial charge in [0.15, 0.2) is 0 Å². The molecule has 0 aliphatic carbocycles. The van der Waals surface area contributed by atoms with Crippen LogP contribution in [0.15, 0.2) is 18.2 Å². The molecule has 0 aromatic heterocycles. The maximum atomic E-state index is 10.8. The van der Waals surface area contributed by atoms with Gasteiger partial charge in [-0.2, -0.15) is 0 Å². The van der Waals surface area contributed by atoms with Crippen LogP contribution in [0.1, 0.15) is 5.56 Å². The van der Waals surface area contributed by atoms with E-state index in [1.54, 1.807) is 13.0 Å². The number of nitrogens with two attached hydrogens (primary N) is 1. The topological polar surface area (TPSA) is 83.6 Å². The first-order valence-corrected chi connectivity index (χ1v) is 4.95. The number of anilines is 1. The van der Waals surface area contributed by atoms with E-state index in [0.29, 0.717) is 0 Å². The Morgan fingerprint density at radius 3 is 2.42 bits per heavy atom. The average molecular weight is 187 g/mol. The zero-order valence-electron chi connectivity index (χ0n) is 6.56. The number of aryl methyl sites for hydroxylation is 1. The van der Waals surface area contributed by atoms with Crippen molar-refractivity contribution in [1.82, 2.24) is 0 Å². The molecule has 0 atom stereocenters. The largest absolute Gasteiger partial charge is 0.398 e. The second kappa shape index (κ2) is 2.90. The van der Waals surface area contributed by atoms with Crippen LogP contribution in [0, 0.1) is 6.92 Å². The molecule has 4 nitrogen and oxygen atoms in total. The van der Waals surface area contributed by atoms with Gasteiger partial charge in [-0.3, -0.25) is 4.57 Å². The van der Waals surface area contributed by atoms with E-state index >= 15 is 0 Å². The fourth-order valence-electron chi connectivity index (χ4n) is 0.906. The third-order valence-corrected chi connectivity index (χ3v) is 2.51. The molecule has 0 fully saturated rings. The van der Waals surface area contributed by atoms with Gasteiger partial charge in [0.05, 0.1) is 5.30 Å². The zero-order chi connectivity index (χ0) is 9.35. The average Bonchev–Trinajstić information content (AvgIpc) is 1.92. The highest BCUT2D eigenvalue weighted by atomic mass is 31.2. The molecule has 5 heteroatoms. The highest BCUT2D eigenvalue weighted by Crippen LogP contribution is 2.35. The van der Waals surface area contributed by atoms with Gasteiger partial charge in [-0.1, -0.05) is 11.6 Å². The van der Waals surface area contributed by atoms with Gasteiger partial charge >= 0.3 is 7.60 Å². The predicted molar refractivity (Wildman–Crippen MR) is 47.3 cm³/mol. The Kier molecular flexibility index (Phi) is 2.24. The Labute approximate surface area is 70.2 Å². The van der Waals surface area contributed by atoms with Crippen LogP contribution in [0.2, 0.25) is 0 Å². The molecule has 0 aliphatic rings. The van der Waals surface area contributed by atoms with Crippen molar-refractivity contribution in [3.05, 3.63) is 23.8 Å². The predicted octanol–water partition coefficient (Wildman–Crippen LogP) is 0.380. The van der Waals surface area contributed by atoms with Crippen LogP contribution < -0.4 is 11.0 Å². The van der Waals surface area contributed by atoms with Crippen molar-refractivity contribution in [2.45, 2.75) is 6.92 Å². The van der Waals surface area contributed by atoms with Crippen LogP contribution >= 0.6 is 7.60 Å². The second-order valence-electron chi connectivity index (χ2n) is 2.61. The summed E-state index contributed by atoms with van der Waals surface area (Å²) >= 11 is 0. The Hall–Kier alpha value is -0.830. The number of hydrogen-bond acceptors (Lipinski definition) is 2. The molecule has 0 radical (unpaired) electrons. The van der Waals surface area contributed by atoms with Crippen molar-refractivity contribution in [1.29, 1.82) is 0 Å². The first kappa shape index (κ1) is 9.26. The summed E-state index contributed by atoms with van der Waals surface area (Å²) in [5, 5.41) is -0.0949. The molecular weight excluding hydrogens is 177 g/mol. The van der Waals surface area contributed by atoms with Crippen LogP contribution in [0.3, 0.4) is 0 Å². The van der Waals surface area contributed by atoms with E-state index < -0.39 is 7.60 Å². The minimum atomic E-state index is -4.21. The van der Waals surface area contributed by atoms with Gasteiger partial charge in [0.1, 0.15) is 0 Å². The summed E-state index contributed by atoms with van der Waals surface area (Å²) in [6.45, 7) is 1.75. The minimum Gasteiger partial charge on any atom is -0.398 e. The number of nitrogen functional groups attached to an aromatic ring is 1. The first-order chi connectivity index (χ1) is 5.41. The molecule has 0 saturated heterocycles. The fraction of sp³-hybridized carbons (Fsp3) is 0.143. The van der Waals surface area contributed by atoms with E-state index in [9.17, 15) is 4.57 Å². The second-order valence-corrected chi connectivity index (χ2v) is 4.18. The molecule has 1 aromatic carbocycles. The Morgan fingerprint density at radius 1 is 1.42 bits per heavy atom. The van der Waals surface area contributed by atoms with E-state index in [1.165, 1.54) is 12.1 Å². The standard InChI is InChI=1S/C7H10NO3P/c1-5-2-3-6(8)7(4-5)12(9,10)11/h2-4H,8H2,1H3,(H2,9,10,11). The molecule has 0 saturated carbocycles. The zero-order valence-corrected chi connectivity index (χ0v) is 7.45. The van der Waals surface area contributed by atoms with Crippen molar-refractivity contribution in [3.8, 4) is 0 Å². The maximum Gasteiger partial charge on any atom is 0.358 e. The van der Waals surface area contributed by atoms with E-state index in [2.05, 4.69) is 0 Å². The van der Waals surface area contributed by atoms with Gasteiger partial charge < -0.3 is 15.5 Å². The highest BCUT2D eigenvalue weighted by Gasteiger charge is 2.19. The lowest BCUT2D eigenvalue weighted by atomic mass is 10.2. The van der Waals surface area contributed by atoms with Crippen molar-refractivity contribution in [2.75, 3.05) is 5.73 Å². The van der Waals surface area contributed by atoms with Gasteiger partial charge in [-0.25, -0.2) is 0 Å². The van der Waals surface area contributed by atoms with Gasteiger partial charge in [0.25, 0.3) is 0 Å². The third kappa shape index (κ3) is 1.85. The molecular formula is C7H10NO3P. The molecule has 1 rings (SSSR count). The SMILES string of the molecule is Cc1ccc(N)c(P(=O)(O)O)c1. The van der Waals surface area contributed by atoms with Crippen LogP contribution in [0.5, 0.6) is 0 Å². The monoisotopic (exact) mass is 187 g/mol. The van der Waals surface area contributed by atoms with E-state index in [4.69, 9.17) is 15.5 Å². The quantitative estimate of drug-likeness (QED) is 0.438. The van der Waals surface area contributed by atoms with Crippen molar-refractivity contribution < 1.29 is 14.4 Å². The Balaban J connectivity index is 3.33. The maximum absolute atomic E-state index is 10.8. The molecule has 1 aromatic rings. The lowest BCUT2D eigenvalue weighted by molar-refractivity contribution is 0.387. The highest BCUT2D eigenvalue weighted by molar-refractivity contribution is 7.60. The Morgan fingerprint density at radius 2 is 2.00 bits per heavy atom. The van der Waals surface area contributed by atoms with Crippen molar-refractivity contribution >= 4 is 18.6 Å². The van der Waals surface area contributed by atoms with Crippen molar-refractivity contribution in [2.24, 2.45) is 0 Å². The summed E-state index contributed by atoms with van der Waals surface area (Å²) in [5.41, 5.74) is 6.30. The summed E-state index contributed by atoms with van der Waals surface area (Å²) in [4.78, 5) is 17.7. The molecule has 0 bridgehead atoms. The van der Waals surface area contributed by atoms with Crippen LogP contribution in [0.4, 0.5) is 5.69 Å². The molecule has 0 heterocycles. The first-order valence-electron chi connectivity index (χ1n) is 3.33. The summed E-state index contributed by atoms with van der Waals surface area (Å²) in [7, 11) is -4.21. The number of hydrogen-bond donors (Lipinski definition) is 3. The third-order valence-electron chi connectivity index (χ3n) is 1.50. The minimum absolute atomic E-state index is 0.0949. The van der Waals surface area contributed by atoms with E-state index in [-0.39, 0.29) is 11.0 Å². The fourth-order valence-corrected chi connectivity index (χ4v) is 1.69. The molecule has 4 N–H and O–H groups in total. The van der Waals surface area contributed by atoms with Crippen molar-refractivity contribution in [3.63, 3.8) is 0 Å². The summed E-state index contributed by atoms with van der Waals surface area (Å²) < 4.78 is 10.8. The number of benzene rings is 1. The molecule has 0 aliphatic heterocycles. The van der Waals surface area contributed by atoms with Crippen LogP contribution in [-0.2, 0) is 4.57 Å². The molecule has 66 valence electrons. The smallest absolute Gasteiger partial charge is 0.358 e. The molecule has 0 unspecified atom stereocenters. The number of rotatable bonds is 1. The summed E-state index contributed by atoms with van der Waals surface area (Å²) in [6, 6.07) is 4.59. The lowest BCUT2D eigenvalue weighted by Crippen LogP contribution is -2.10. The molecule has 0 spiro atoms. The van der Waals surface area contributed by atoms with Crippen LogP contribution in [-0.4, -0.2) is 9.79 Å². The van der Waals surface area contributed by atoms with Gasteiger partial charge in [-0.15, -0.1) is 0 Å². The van der Waals surface area contributed by atoms with Gasteiger partial charge in [-0.05, 0) is 19.1 Å². The normalized spacial score (nSPS) is 11.6. The summed E-state index contributed by atoms with van der Waals surface area (Å²) in [5.74, 6) is 0. The summed E-state index contributed by atoms with van der Waals surface area (Å²) in [6.07, 6.45) is 0. The van der Waals surface area contributed by atoms with E-state index in [0.717, 1.165) is 5.56 Å². The van der Waals surface area contributed by atoms with Gasteiger partial charge in [0.2, 0.25) is 0 Å². The Bertz CT molecular complexity index is 345. The van der Waals surface area contributed by atoms with Crippen LogP contribution in [0.25, 0.3) is 0 Å². The molecule has 0 amide bonds.